The highest BCUT2D eigenvalue weighted by molar-refractivity contribution is 7.99. The number of nitrogens with zero attached hydrogens (tertiary/aromatic N) is 4. The maximum Gasteiger partial charge on any atom is 0.230 e. The normalized spacial score (nSPS) is 16.1. The smallest absolute Gasteiger partial charge is 0.230 e. The minimum Gasteiger partial charge on any atom is -0.497 e. The number of methoxy groups -OCH3 is 1. The zero-order valence-corrected chi connectivity index (χ0v) is 20.9. The van der Waals surface area contributed by atoms with Gasteiger partial charge < -0.3 is 10.1 Å². The van der Waals surface area contributed by atoms with E-state index in [1.165, 1.54) is 31.0 Å². The first-order valence-electron chi connectivity index (χ1n) is 11.9. The van der Waals surface area contributed by atoms with Gasteiger partial charge >= 0.3 is 0 Å². The average molecular weight is 480 g/mol. The number of carbonyl (C=O) groups excluding carboxylic acids is 1. The molecule has 8 heteroatoms. The Bertz CT molecular complexity index is 1060. The zero-order chi connectivity index (χ0) is 23.9. The molecule has 3 aromatic rings. The van der Waals surface area contributed by atoms with Crippen LogP contribution >= 0.6 is 11.8 Å². The van der Waals surface area contributed by atoms with E-state index < -0.39 is 0 Å². The summed E-state index contributed by atoms with van der Waals surface area (Å²) in [5, 5.41) is 12.9. The second kappa shape index (κ2) is 11.5. The predicted octanol–water partition coefficient (Wildman–Crippen LogP) is 4.79. The SMILES string of the molecule is COc1ccc(-n2c(SCC(=O)N[C@H](C)c3ccccc3)nnc2[C@H](C)N2CCCCC2)cc1. The van der Waals surface area contributed by atoms with E-state index in [-0.39, 0.29) is 23.7 Å². The summed E-state index contributed by atoms with van der Waals surface area (Å²) in [6.45, 7) is 6.33. The average Bonchev–Trinajstić information content (AvgIpc) is 3.32. The fraction of sp³-hybridized carbons (Fsp3) is 0.423. The molecule has 0 saturated carbocycles. The Labute approximate surface area is 205 Å². The molecule has 7 nitrogen and oxygen atoms in total. The number of carbonyl (C=O) groups is 1. The molecule has 4 rings (SSSR count). The lowest BCUT2D eigenvalue weighted by Crippen LogP contribution is -2.33. The van der Waals surface area contributed by atoms with E-state index in [0.29, 0.717) is 5.16 Å². The van der Waals surface area contributed by atoms with Crippen LogP contribution in [0.2, 0.25) is 0 Å². The van der Waals surface area contributed by atoms with E-state index in [1.807, 2.05) is 61.5 Å². The molecular weight excluding hydrogens is 446 g/mol. The number of hydrogen-bond donors (Lipinski definition) is 1. The van der Waals surface area contributed by atoms with E-state index in [0.717, 1.165) is 35.9 Å². The molecule has 1 aromatic heterocycles. The van der Waals surface area contributed by atoms with Gasteiger partial charge in [-0.3, -0.25) is 14.3 Å². The van der Waals surface area contributed by atoms with Crippen LogP contribution in [0, 0.1) is 0 Å². The molecule has 0 unspecified atom stereocenters. The Morgan fingerprint density at radius 3 is 2.41 bits per heavy atom. The van der Waals surface area contributed by atoms with Crippen LogP contribution in [0.3, 0.4) is 0 Å². The topological polar surface area (TPSA) is 72.3 Å². The molecule has 1 aliphatic rings. The molecule has 1 fully saturated rings. The number of piperidine rings is 1. The molecule has 0 radical (unpaired) electrons. The number of rotatable bonds is 9. The van der Waals surface area contributed by atoms with Crippen molar-refractivity contribution in [3.63, 3.8) is 0 Å². The van der Waals surface area contributed by atoms with Gasteiger partial charge in [0.2, 0.25) is 5.91 Å². The Morgan fingerprint density at radius 2 is 1.74 bits per heavy atom. The van der Waals surface area contributed by atoms with Crippen LogP contribution in [0.25, 0.3) is 5.69 Å². The highest BCUT2D eigenvalue weighted by atomic mass is 32.2. The quantitative estimate of drug-likeness (QED) is 0.445. The molecule has 0 bridgehead atoms. The van der Waals surface area contributed by atoms with Crippen LogP contribution in [0.15, 0.2) is 59.8 Å². The van der Waals surface area contributed by atoms with E-state index in [9.17, 15) is 4.79 Å². The van der Waals surface area contributed by atoms with Crippen molar-refractivity contribution >= 4 is 17.7 Å². The minimum absolute atomic E-state index is 0.0312. The monoisotopic (exact) mass is 479 g/mol. The third-order valence-corrected chi connectivity index (χ3v) is 7.24. The van der Waals surface area contributed by atoms with Crippen LogP contribution in [-0.4, -0.2) is 51.5 Å². The fourth-order valence-electron chi connectivity index (χ4n) is 4.33. The summed E-state index contributed by atoms with van der Waals surface area (Å²) in [6.07, 6.45) is 3.71. The van der Waals surface area contributed by atoms with Crippen molar-refractivity contribution in [1.82, 2.24) is 25.0 Å². The summed E-state index contributed by atoms with van der Waals surface area (Å²) in [4.78, 5) is 15.2. The Balaban J connectivity index is 1.52. The van der Waals surface area contributed by atoms with Crippen molar-refractivity contribution in [3.05, 3.63) is 66.0 Å². The third kappa shape index (κ3) is 5.80. The molecule has 1 aliphatic heterocycles. The van der Waals surface area contributed by atoms with Gasteiger partial charge in [0, 0.05) is 5.69 Å². The van der Waals surface area contributed by atoms with Crippen molar-refractivity contribution in [1.29, 1.82) is 0 Å². The second-order valence-electron chi connectivity index (χ2n) is 8.64. The molecule has 2 aromatic carbocycles. The fourth-order valence-corrected chi connectivity index (χ4v) is 5.10. The summed E-state index contributed by atoms with van der Waals surface area (Å²) >= 11 is 1.41. The van der Waals surface area contributed by atoms with Gasteiger partial charge in [0.05, 0.1) is 24.9 Å². The number of ether oxygens (including phenoxy) is 1. The van der Waals surface area contributed by atoms with Gasteiger partial charge in [-0.25, -0.2) is 0 Å². The molecule has 2 heterocycles. The molecule has 180 valence electrons. The lowest BCUT2D eigenvalue weighted by molar-refractivity contribution is -0.119. The molecule has 1 amide bonds. The van der Waals surface area contributed by atoms with Gasteiger partial charge in [-0.2, -0.15) is 0 Å². The Morgan fingerprint density at radius 1 is 1.03 bits per heavy atom. The van der Waals surface area contributed by atoms with Crippen LogP contribution in [0.5, 0.6) is 5.75 Å². The third-order valence-electron chi connectivity index (χ3n) is 6.31. The molecule has 0 spiro atoms. The lowest BCUT2D eigenvalue weighted by atomic mass is 10.1. The van der Waals surface area contributed by atoms with Crippen LogP contribution in [0.4, 0.5) is 0 Å². The predicted molar refractivity (Wildman–Crippen MR) is 135 cm³/mol. The van der Waals surface area contributed by atoms with Crippen LogP contribution in [0.1, 0.15) is 56.6 Å². The Kier molecular flexibility index (Phi) is 8.24. The maximum atomic E-state index is 12.7. The number of thioether (sulfide) groups is 1. The minimum atomic E-state index is -0.0524. The van der Waals surface area contributed by atoms with E-state index in [4.69, 9.17) is 4.74 Å². The van der Waals surface area contributed by atoms with E-state index in [2.05, 4.69) is 31.9 Å². The zero-order valence-electron chi connectivity index (χ0n) is 20.1. The van der Waals surface area contributed by atoms with E-state index in [1.54, 1.807) is 7.11 Å². The summed E-state index contributed by atoms with van der Waals surface area (Å²) in [5.74, 6) is 1.93. The summed E-state index contributed by atoms with van der Waals surface area (Å²) < 4.78 is 7.42. The maximum absolute atomic E-state index is 12.7. The summed E-state index contributed by atoms with van der Waals surface area (Å²) in [7, 11) is 1.66. The van der Waals surface area contributed by atoms with Gasteiger partial charge in [-0.15, -0.1) is 10.2 Å². The van der Waals surface area contributed by atoms with Crippen molar-refractivity contribution in [3.8, 4) is 11.4 Å². The molecule has 1 N–H and O–H groups in total. The summed E-state index contributed by atoms with van der Waals surface area (Å²) in [6, 6.07) is 18.0. The van der Waals surface area contributed by atoms with Crippen LogP contribution < -0.4 is 10.1 Å². The number of benzene rings is 2. The van der Waals surface area contributed by atoms with Gasteiger partial charge in [-0.05, 0) is 69.6 Å². The number of aromatic nitrogens is 3. The van der Waals surface area contributed by atoms with Crippen molar-refractivity contribution in [2.75, 3.05) is 26.0 Å². The van der Waals surface area contributed by atoms with Gasteiger partial charge in [0.1, 0.15) is 5.75 Å². The first-order chi connectivity index (χ1) is 16.6. The number of nitrogens with one attached hydrogen (secondary N) is 1. The van der Waals surface area contributed by atoms with Crippen molar-refractivity contribution in [2.24, 2.45) is 0 Å². The van der Waals surface area contributed by atoms with Crippen molar-refractivity contribution in [2.45, 2.75) is 50.4 Å². The van der Waals surface area contributed by atoms with Crippen molar-refractivity contribution < 1.29 is 9.53 Å². The molecule has 2 atom stereocenters. The molecule has 0 aliphatic carbocycles. The first-order valence-corrected chi connectivity index (χ1v) is 12.9. The second-order valence-corrected chi connectivity index (χ2v) is 9.58. The lowest BCUT2D eigenvalue weighted by Gasteiger charge is -2.31. The number of likely N-dealkylation sites (tertiary alicyclic amines) is 1. The van der Waals surface area contributed by atoms with Gasteiger partial charge in [0.15, 0.2) is 11.0 Å². The first kappa shape index (κ1) is 24.3. The summed E-state index contributed by atoms with van der Waals surface area (Å²) in [5.41, 5.74) is 2.05. The van der Waals surface area contributed by atoms with Gasteiger partial charge in [-0.1, -0.05) is 48.5 Å². The largest absolute Gasteiger partial charge is 0.497 e. The standard InChI is InChI=1S/C26H33N5O2S/c1-19(21-10-6-4-7-11-21)27-24(32)18-34-26-29-28-25(20(2)30-16-8-5-9-17-30)31(26)22-12-14-23(33-3)15-13-22/h4,6-7,10-15,19-20H,5,8-9,16-18H2,1-3H3,(H,27,32)/t19-,20+/m1/s1. The van der Waals surface area contributed by atoms with Crippen LogP contribution in [-0.2, 0) is 4.79 Å². The molecular formula is C26H33N5O2S. The number of hydrogen-bond acceptors (Lipinski definition) is 6. The highest BCUT2D eigenvalue weighted by Crippen LogP contribution is 2.30. The molecule has 34 heavy (non-hydrogen) atoms. The molecule has 1 saturated heterocycles. The van der Waals surface area contributed by atoms with E-state index >= 15 is 0 Å². The van der Waals surface area contributed by atoms with Gasteiger partial charge in [0.25, 0.3) is 0 Å². The highest BCUT2D eigenvalue weighted by Gasteiger charge is 2.26. The Hall–Kier alpha value is -2.84. The number of amides is 1.